The maximum Gasteiger partial charge on any atom is 0.257 e. The van der Waals surface area contributed by atoms with Crippen LogP contribution in [0.2, 0.25) is 5.02 Å². The molecule has 7 nitrogen and oxygen atoms in total. The Morgan fingerprint density at radius 2 is 2.05 bits per heavy atom. The van der Waals surface area contributed by atoms with Crippen LogP contribution in [0.15, 0.2) is 35.0 Å². The molecular formula is C13H13ClN6O. The average Bonchev–Trinajstić information content (AvgIpc) is 3.11. The highest BCUT2D eigenvalue weighted by Gasteiger charge is 2.10. The Balaban J connectivity index is 1.73. The van der Waals surface area contributed by atoms with Crippen molar-refractivity contribution < 1.29 is 4.52 Å². The summed E-state index contributed by atoms with van der Waals surface area (Å²) in [4.78, 5) is 4.33. The third-order valence-electron chi connectivity index (χ3n) is 2.85. The molecule has 108 valence electrons. The van der Waals surface area contributed by atoms with Gasteiger partial charge in [0.1, 0.15) is 6.54 Å². The standard InChI is InChI=1S/C13H13ClN6O/c14-10-3-1-9(2-4-10)13-16-12(18-21-13)8-20-7-11(5-6-15)17-19-20/h1-4,7H,5-6,8,15H2. The number of nitrogens with two attached hydrogens (primary N) is 1. The molecule has 3 aromatic rings. The molecule has 21 heavy (non-hydrogen) atoms. The first-order chi connectivity index (χ1) is 10.2. The molecule has 2 aromatic heterocycles. The van der Waals surface area contributed by atoms with E-state index in [9.17, 15) is 0 Å². The lowest BCUT2D eigenvalue weighted by Crippen LogP contribution is -2.03. The fourth-order valence-electron chi connectivity index (χ4n) is 1.85. The van der Waals surface area contributed by atoms with Crippen LogP contribution in [0.3, 0.4) is 0 Å². The Morgan fingerprint density at radius 3 is 2.81 bits per heavy atom. The zero-order chi connectivity index (χ0) is 14.7. The molecule has 3 rings (SSSR count). The first kappa shape index (κ1) is 13.7. The van der Waals surface area contributed by atoms with Gasteiger partial charge in [-0.3, -0.25) is 0 Å². The van der Waals surface area contributed by atoms with Crippen LogP contribution in [-0.4, -0.2) is 31.7 Å². The SMILES string of the molecule is NCCc1cn(Cc2noc(-c3ccc(Cl)cc3)n2)nn1. The molecule has 0 unspecified atom stereocenters. The lowest BCUT2D eigenvalue weighted by atomic mass is 10.2. The van der Waals surface area contributed by atoms with E-state index < -0.39 is 0 Å². The molecule has 2 N–H and O–H groups in total. The molecule has 0 saturated carbocycles. The second-order valence-corrected chi connectivity index (χ2v) is 4.91. The highest BCUT2D eigenvalue weighted by molar-refractivity contribution is 6.30. The van der Waals surface area contributed by atoms with E-state index in [-0.39, 0.29) is 0 Å². The molecule has 0 aliphatic rings. The number of aromatic nitrogens is 5. The lowest BCUT2D eigenvalue weighted by Gasteiger charge is -1.94. The van der Waals surface area contributed by atoms with Crippen LogP contribution in [-0.2, 0) is 13.0 Å². The van der Waals surface area contributed by atoms with Crippen molar-refractivity contribution in [3.63, 3.8) is 0 Å². The third-order valence-corrected chi connectivity index (χ3v) is 3.10. The Morgan fingerprint density at radius 1 is 1.24 bits per heavy atom. The molecule has 0 atom stereocenters. The van der Waals surface area contributed by atoms with Crippen molar-refractivity contribution >= 4 is 11.6 Å². The molecule has 0 spiro atoms. The molecule has 0 fully saturated rings. The van der Waals surface area contributed by atoms with E-state index in [1.807, 2.05) is 18.3 Å². The fraction of sp³-hybridized carbons (Fsp3) is 0.231. The second kappa shape index (κ2) is 6.02. The molecule has 1 aromatic carbocycles. The summed E-state index contributed by atoms with van der Waals surface area (Å²) in [6.45, 7) is 0.941. The van der Waals surface area contributed by atoms with Gasteiger partial charge in [0.15, 0.2) is 5.82 Å². The smallest absolute Gasteiger partial charge is 0.257 e. The maximum absolute atomic E-state index is 5.85. The number of hydrogen-bond acceptors (Lipinski definition) is 6. The van der Waals surface area contributed by atoms with Gasteiger partial charge in [0.2, 0.25) is 0 Å². The Labute approximate surface area is 125 Å². The van der Waals surface area contributed by atoms with E-state index in [1.54, 1.807) is 16.8 Å². The van der Waals surface area contributed by atoms with Crippen molar-refractivity contribution in [3.8, 4) is 11.5 Å². The van der Waals surface area contributed by atoms with Crippen LogP contribution >= 0.6 is 11.6 Å². The molecule has 8 heteroatoms. The third kappa shape index (κ3) is 3.26. The predicted molar refractivity (Wildman–Crippen MR) is 76.6 cm³/mol. The largest absolute Gasteiger partial charge is 0.334 e. The number of hydrogen-bond donors (Lipinski definition) is 1. The van der Waals surface area contributed by atoms with E-state index in [4.69, 9.17) is 21.9 Å². The van der Waals surface area contributed by atoms with E-state index >= 15 is 0 Å². The van der Waals surface area contributed by atoms with Crippen molar-refractivity contribution in [2.24, 2.45) is 5.73 Å². The molecular weight excluding hydrogens is 292 g/mol. The van der Waals surface area contributed by atoms with Gasteiger partial charge in [-0.25, -0.2) is 4.68 Å². The Hall–Kier alpha value is -2.25. The monoisotopic (exact) mass is 304 g/mol. The zero-order valence-electron chi connectivity index (χ0n) is 11.1. The van der Waals surface area contributed by atoms with Gasteiger partial charge >= 0.3 is 0 Å². The summed E-state index contributed by atoms with van der Waals surface area (Å²) in [6.07, 6.45) is 2.52. The summed E-state index contributed by atoms with van der Waals surface area (Å²) < 4.78 is 6.89. The van der Waals surface area contributed by atoms with Crippen LogP contribution in [0.1, 0.15) is 11.5 Å². The van der Waals surface area contributed by atoms with E-state index in [2.05, 4.69) is 20.5 Å². The van der Waals surface area contributed by atoms with Gasteiger partial charge in [-0.15, -0.1) is 5.10 Å². The summed E-state index contributed by atoms with van der Waals surface area (Å²) in [5.74, 6) is 0.980. The summed E-state index contributed by atoms with van der Waals surface area (Å²) >= 11 is 5.85. The predicted octanol–water partition coefficient (Wildman–Crippen LogP) is 1.53. The number of rotatable bonds is 5. The van der Waals surface area contributed by atoms with Crippen molar-refractivity contribution in [2.75, 3.05) is 6.54 Å². The van der Waals surface area contributed by atoms with E-state index in [1.165, 1.54) is 0 Å². The minimum atomic E-state index is 0.397. The molecule has 0 saturated heterocycles. The number of nitrogens with zero attached hydrogens (tertiary/aromatic N) is 5. The highest BCUT2D eigenvalue weighted by Crippen LogP contribution is 2.19. The van der Waals surface area contributed by atoms with Gasteiger partial charge in [0.05, 0.1) is 5.69 Å². The van der Waals surface area contributed by atoms with Gasteiger partial charge in [-0.2, -0.15) is 4.98 Å². The Bertz CT molecular complexity index is 720. The first-order valence-electron chi connectivity index (χ1n) is 6.42. The van der Waals surface area contributed by atoms with E-state index in [0.717, 1.165) is 11.3 Å². The summed E-state index contributed by atoms with van der Waals surface area (Å²) in [5.41, 5.74) is 7.14. The molecule has 0 amide bonds. The van der Waals surface area contributed by atoms with Gasteiger partial charge in [-0.05, 0) is 30.8 Å². The first-order valence-corrected chi connectivity index (χ1v) is 6.80. The van der Waals surface area contributed by atoms with Gasteiger partial charge in [0.25, 0.3) is 5.89 Å². The summed E-state index contributed by atoms with van der Waals surface area (Å²) in [5, 5.41) is 12.6. The minimum Gasteiger partial charge on any atom is -0.334 e. The highest BCUT2D eigenvalue weighted by atomic mass is 35.5. The van der Waals surface area contributed by atoms with Crippen LogP contribution in [0.5, 0.6) is 0 Å². The number of benzene rings is 1. The van der Waals surface area contributed by atoms with E-state index in [0.29, 0.717) is 36.2 Å². The van der Waals surface area contributed by atoms with Crippen LogP contribution < -0.4 is 5.73 Å². The van der Waals surface area contributed by atoms with Crippen molar-refractivity contribution in [2.45, 2.75) is 13.0 Å². The fourth-order valence-corrected chi connectivity index (χ4v) is 1.98. The van der Waals surface area contributed by atoms with Crippen molar-refractivity contribution in [3.05, 3.63) is 47.0 Å². The number of halogens is 1. The van der Waals surface area contributed by atoms with Gasteiger partial charge in [-0.1, -0.05) is 22.0 Å². The molecule has 0 aliphatic heterocycles. The van der Waals surface area contributed by atoms with Crippen LogP contribution in [0, 0.1) is 0 Å². The maximum atomic E-state index is 5.85. The Kier molecular flexibility index (Phi) is 3.94. The molecule has 0 radical (unpaired) electrons. The van der Waals surface area contributed by atoms with Gasteiger partial charge in [0, 0.05) is 23.2 Å². The van der Waals surface area contributed by atoms with Crippen LogP contribution in [0.25, 0.3) is 11.5 Å². The minimum absolute atomic E-state index is 0.397. The summed E-state index contributed by atoms with van der Waals surface area (Å²) in [6, 6.07) is 7.21. The quantitative estimate of drug-likeness (QED) is 0.768. The normalized spacial score (nSPS) is 11.0. The molecule has 0 aliphatic carbocycles. The zero-order valence-corrected chi connectivity index (χ0v) is 11.9. The average molecular weight is 305 g/mol. The molecule has 2 heterocycles. The second-order valence-electron chi connectivity index (χ2n) is 4.47. The van der Waals surface area contributed by atoms with Crippen LogP contribution in [0.4, 0.5) is 0 Å². The topological polar surface area (TPSA) is 95.7 Å². The van der Waals surface area contributed by atoms with Crippen molar-refractivity contribution in [1.82, 2.24) is 25.1 Å². The van der Waals surface area contributed by atoms with Crippen molar-refractivity contribution in [1.29, 1.82) is 0 Å². The molecule has 0 bridgehead atoms. The summed E-state index contributed by atoms with van der Waals surface area (Å²) in [7, 11) is 0. The van der Waals surface area contributed by atoms with Gasteiger partial charge < -0.3 is 10.3 Å². The lowest BCUT2D eigenvalue weighted by molar-refractivity contribution is 0.418.